The van der Waals surface area contributed by atoms with Crippen molar-refractivity contribution in [2.24, 2.45) is 0 Å². The minimum Gasteiger partial charge on any atom is -0.311 e. The molecule has 3 aliphatic rings. The number of carbonyl (C=O) groups excluding carboxylic acids is 3. The van der Waals surface area contributed by atoms with Crippen molar-refractivity contribution in [2.75, 3.05) is 18.0 Å². The van der Waals surface area contributed by atoms with E-state index in [2.05, 4.69) is 0 Å². The topological polar surface area (TPSA) is 60.9 Å². The third-order valence-corrected chi connectivity index (χ3v) is 5.59. The minimum absolute atomic E-state index is 0.162. The summed E-state index contributed by atoms with van der Waals surface area (Å²) >= 11 is 0. The van der Waals surface area contributed by atoms with Gasteiger partial charge in [0.15, 0.2) is 0 Å². The van der Waals surface area contributed by atoms with Crippen molar-refractivity contribution in [3.63, 3.8) is 0 Å². The van der Waals surface area contributed by atoms with Gasteiger partial charge in [-0.15, -0.1) is 0 Å². The molecule has 4 amide bonds. The zero-order chi connectivity index (χ0) is 17.1. The molecule has 0 aromatic heterocycles. The van der Waals surface area contributed by atoms with Gasteiger partial charge in [0.1, 0.15) is 11.6 Å². The quantitative estimate of drug-likeness (QED) is 0.780. The van der Waals surface area contributed by atoms with Crippen LogP contribution in [-0.4, -0.2) is 52.3 Å². The summed E-state index contributed by atoms with van der Waals surface area (Å²) in [6.45, 7) is 4.94. The van der Waals surface area contributed by atoms with Crippen LogP contribution < -0.4 is 4.90 Å². The number of carbonyl (C=O) groups is 3. The van der Waals surface area contributed by atoms with E-state index in [1.807, 2.05) is 38.1 Å². The molecule has 1 aromatic rings. The predicted octanol–water partition coefficient (Wildman–Crippen LogP) is 1.92. The van der Waals surface area contributed by atoms with Crippen molar-refractivity contribution in [3.05, 3.63) is 29.8 Å². The average Bonchev–Trinajstić information content (AvgIpc) is 3.17. The molecule has 24 heavy (non-hydrogen) atoms. The Morgan fingerprint density at radius 1 is 1.08 bits per heavy atom. The van der Waals surface area contributed by atoms with E-state index >= 15 is 0 Å². The molecule has 3 fully saturated rings. The van der Waals surface area contributed by atoms with Gasteiger partial charge in [-0.1, -0.05) is 17.7 Å². The fourth-order valence-electron chi connectivity index (χ4n) is 4.13. The lowest BCUT2D eigenvalue weighted by Crippen LogP contribution is -2.47. The van der Waals surface area contributed by atoms with E-state index in [1.54, 1.807) is 9.80 Å². The lowest BCUT2D eigenvalue weighted by Gasteiger charge is -2.23. The highest BCUT2D eigenvalue weighted by Crippen LogP contribution is 2.39. The molecule has 0 radical (unpaired) electrons. The van der Waals surface area contributed by atoms with Crippen molar-refractivity contribution in [1.29, 1.82) is 0 Å². The summed E-state index contributed by atoms with van der Waals surface area (Å²) in [6, 6.07) is 6.75. The Morgan fingerprint density at radius 2 is 1.79 bits per heavy atom. The normalized spacial score (nSPS) is 29.8. The zero-order valence-electron chi connectivity index (χ0n) is 14.0. The Balaban J connectivity index is 1.60. The summed E-state index contributed by atoms with van der Waals surface area (Å²) in [5, 5.41) is 0. The molecule has 6 nitrogen and oxygen atoms in total. The van der Waals surface area contributed by atoms with Gasteiger partial charge in [-0.05, 0) is 45.2 Å². The van der Waals surface area contributed by atoms with Crippen molar-refractivity contribution in [3.8, 4) is 0 Å². The first-order valence-corrected chi connectivity index (χ1v) is 8.47. The second-order valence-corrected chi connectivity index (χ2v) is 7.12. The molecule has 0 N–H and O–H groups in total. The number of benzene rings is 1. The second-order valence-electron chi connectivity index (χ2n) is 7.12. The highest BCUT2D eigenvalue weighted by molar-refractivity contribution is 6.12. The van der Waals surface area contributed by atoms with E-state index in [-0.39, 0.29) is 17.8 Å². The number of nitrogens with zero attached hydrogens (tertiary/aromatic N) is 3. The Hall–Kier alpha value is -2.37. The van der Waals surface area contributed by atoms with E-state index in [4.69, 9.17) is 0 Å². The number of amides is 4. The Kier molecular flexibility index (Phi) is 3.20. The number of anilines is 1. The van der Waals surface area contributed by atoms with Crippen molar-refractivity contribution in [1.82, 2.24) is 9.80 Å². The molecule has 3 heterocycles. The van der Waals surface area contributed by atoms with Crippen LogP contribution in [0.5, 0.6) is 0 Å². The lowest BCUT2D eigenvalue weighted by atomic mass is 9.99. The van der Waals surface area contributed by atoms with Gasteiger partial charge in [-0.2, -0.15) is 0 Å². The van der Waals surface area contributed by atoms with Crippen LogP contribution in [0.15, 0.2) is 24.3 Å². The number of imide groups is 1. The summed E-state index contributed by atoms with van der Waals surface area (Å²) in [5.41, 5.74) is 1.19. The van der Waals surface area contributed by atoms with E-state index in [1.165, 1.54) is 4.90 Å². The summed E-state index contributed by atoms with van der Waals surface area (Å²) in [5.74, 6) is -0.376. The molecule has 6 heteroatoms. The van der Waals surface area contributed by atoms with E-state index in [0.717, 1.165) is 17.7 Å². The minimum atomic E-state index is -0.755. The first-order chi connectivity index (χ1) is 11.4. The third-order valence-electron chi connectivity index (χ3n) is 5.59. The van der Waals surface area contributed by atoms with Gasteiger partial charge < -0.3 is 9.80 Å². The Bertz CT molecular complexity index is 730. The molecule has 1 aromatic carbocycles. The van der Waals surface area contributed by atoms with E-state index < -0.39 is 11.6 Å². The summed E-state index contributed by atoms with van der Waals surface area (Å²) in [6.07, 6.45) is 2.01. The highest BCUT2D eigenvalue weighted by Gasteiger charge is 2.59. The number of hydrogen-bond donors (Lipinski definition) is 0. The lowest BCUT2D eigenvalue weighted by molar-refractivity contribution is -0.136. The summed E-state index contributed by atoms with van der Waals surface area (Å²) in [4.78, 5) is 42.9. The Labute approximate surface area is 141 Å². The van der Waals surface area contributed by atoms with Crippen molar-refractivity contribution < 1.29 is 14.4 Å². The summed E-state index contributed by atoms with van der Waals surface area (Å²) in [7, 11) is 0. The van der Waals surface area contributed by atoms with E-state index in [0.29, 0.717) is 25.9 Å². The second kappa shape index (κ2) is 5.06. The van der Waals surface area contributed by atoms with Gasteiger partial charge in [-0.3, -0.25) is 9.59 Å². The van der Waals surface area contributed by atoms with Crippen LogP contribution in [0.25, 0.3) is 0 Å². The molecule has 3 saturated heterocycles. The van der Waals surface area contributed by atoms with Crippen molar-refractivity contribution >= 4 is 23.5 Å². The molecule has 0 saturated carbocycles. The first kappa shape index (κ1) is 15.2. The van der Waals surface area contributed by atoms with Crippen LogP contribution in [0.4, 0.5) is 10.5 Å². The van der Waals surface area contributed by atoms with E-state index in [9.17, 15) is 14.4 Å². The molecule has 0 spiro atoms. The highest BCUT2D eigenvalue weighted by atomic mass is 16.2. The Morgan fingerprint density at radius 3 is 2.46 bits per heavy atom. The molecule has 2 atom stereocenters. The molecule has 126 valence electrons. The van der Waals surface area contributed by atoms with Crippen LogP contribution >= 0.6 is 0 Å². The SMILES string of the molecule is Cc1ccc(N2CC[C@H](N3C(=O)N4CCC[C@@]4(C)C3=O)C2=O)cc1. The molecule has 0 bridgehead atoms. The van der Waals surface area contributed by atoms with Gasteiger partial charge >= 0.3 is 6.03 Å². The maximum atomic E-state index is 12.9. The van der Waals surface area contributed by atoms with Crippen LogP contribution in [0.2, 0.25) is 0 Å². The summed E-state index contributed by atoms with van der Waals surface area (Å²) < 4.78 is 0. The fraction of sp³-hybridized carbons (Fsp3) is 0.500. The van der Waals surface area contributed by atoms with Crippen molar-refractivity contribution in [2.45, 2.75) is 44.7 Å². The molecule has 4 rings (SSSR count). The van der Waals surface area contributed by atoms with Gasteiger partial charge in [0.25, 0.3) is 5.91 Å². The molecular weight excluding hydrogens is 306 g/mol. The molecular formula is C18H21N3O3. The van der Waals surface area contributed by atoms with Crippen LogP contribution in [-0.2, 0) is 9.59 Å². The number of urea groups is 1. The van der Waals surface area contributed by atoms with Gasteiger partial charge in [0.2, 0.25) is 5.91 Å². The van der Waals surface area contributed by atoms with Gasteiger partial charge in [0.05, 0.1) is 0 Å². The molecule has 0 aliphatic carbocycles. The average molecular weight is 327 g/mol. The maximum Gasteiger partial charge on any atom is 0.328 e. The third kappa shape index (κ3) is 1.92. The fourth-order valence-corrected chi connectivity index (χ4v) is 4.13. The number of aryl methyl sites for hydroxylation is 1. The van der Waals surface area contributed by atoms with Gasteiger partial charge in [0, 0.05) is 18.8 Å². The monoisotopic (exact) mass is 327 g/mol. The molecule has 0 unspecified atom stereocenters. The zero-order valence-corrected chi connectivity index (χ0v) is 14.0. The van der Waals surface area contributed by atoms with Gasteiger partial charge in [-0.25, -0.2) is 9.69 Å². The standard InChI is InChI=1S/C18H21N3O3/c1-12-4-6-13(7-5-12)19-11-8-14(15(19)22)21-16(23)18(2)9-3-10-20(18)17(21)24/h4-7,14H,3,8-11H2,1-2H3/t14-,18-/m0/s1. The molecule has 3 aliphatic heterocycles. The first-order valence-electron chi connectivity index (χ1n) is 8.47. The van der Waals surface area contributed by atoms with Crippen LogP contribution in [0, 0.1) is 6.92 Å². The number of rotatable bonds is 2. The maximum absolute atomic E-state index is 12.9. The van der Waals surface area contributed by atoms with Crippen LogP contribution in [0.3, 0.4) is 0 Å². The number of hydrogen-bond acceptors (Lipinski definition) is 3. The number of fused-ring (bicyclic) bond motifs is 1. The van der Waals surface area contributed by atoms with Crippen LogP contribution in [0.1, 0.15) is 31.7 Å². The smallest absolute Gasteiger partial charge is 0.311 e. The largest absolute Gasteiger partial charge is 0.328 e. The predicted molar refractivity (Wildman–Crippen MR) is 88.5 cm³/mol.